The summed E-state index contributed by atoms with van der Waals surface area (Å²) in [7, 11) is 0. The first-order chi connectivity index (χ1) is 8.61. The highest BCUT2D eigenvalue weighted by Crippen LogP contribution is 2.31. The minimum absolute atomic E-state index is 0.151. The van der Waals surface area contributed by atoms with Crippen LogP contribution in [0.15, 0.2) is 36.4 Å². The molecule has 2 aromatic rings. The summed E-state index contributed by atoms with van der Waals surface area (Å²) in [5, 5.41) is 8.81. The standard InChI is InChI=1S/C13H6ClF2NO/c14-9-6-8(7-17)4-5-11(9)18-12-3-1-2-10(15)13(12)16/h1-6H. The quantitative estimate of drug-likeness (QED) is 0.812. The normalized spacial score (nSPS) is 9.89. The summed E-state index contributed by atoms with van der Waals surface area (Å²) in [4.78, 5) is 0. The lowest BCUT2D eigenvalue weighted by molar-refractivity contribution is 0.416. The molecule has 2 aromatic carbocycles. The Morgan fingerprint density at radius 2 is 1.89 bits per heavy atom. The Morgan fingerprint density at radius 3 is 2.56 bits per heavy atom. The molecule has 0 unspecified atom stereocenters. The molecule has 0 saturated heterocycles. The molecule has 90 valence electrons. The maximum atomic E-state index is 13.4. The molecule has 0 fully saturated rings. The first kappa shape index (κ1) is 12.3. The van der Waals surface area contributed by atoms with Gasteiger partial charge in [-0.3, -0.25) is 0 Å². The van der Waals surface area contributed by atoms with E-state index in [-0.39, 0.29) is 16.5 Å². The molecule has 2 nitrogen and oxygen atoms in total. The van der Waals surface area contributed by atoms with Gasteiger partial charge in [0.05, 0.1) is 16.7 Å². The van der Waals surface area contributed by atoms with E-state index in [1.807, 2.05) is 6.07 Å². The largest absolute Gasteiger partial charge is 0.453 e. The van der Waals surface area contributed by atoms with Crippen LogP contribution >= 0.6 is 11.6 Å². The molecule has 0 bridgehead atoms. The van der Waals surface area contributed by atoms with Crippen LogP contribution < -0.4 is 4.74 Å². The molecule has 18 heavy (non-hydrogen) atoms. The number of benzene rings is 2. The maximum Gasteiger partial charge on any atom is 0.201 e. The highest BCUT2D eigenvalue weighted by molar-refractivity contribution is 6.32. The second-order valence-electron chi connectivity index (χ2n) is 3.41. The smallest absolute Gasteiger partial charge is 0.201 e. The van der Waals surface area contributed by atoms with Crippen LogP contribution in [-0.2, 0) is 0 Å². The Labute approximate surface area is 107 Å². The number of halogens is 3. The van der Waals surface area contributed by atoms with Crippen molar-refractivity contribution in [1.29, 1.82) is 5.26 Å². The second-order valence-corrected chi connectivity index (χ2v) is 3.82. The van der Waals surface area contributed by atoms with Gasteiger partial charge in [0.15, 0.2) is 11.6 Å². The fraction of sp³-hybridized carbons (Fsp3) is 0. The molecular weight excluding hydrogens is 260 g/mol. The van der Waals surface area contributed by atoms with Gasteiger partial charge in [-0.15, -0.1) is 0 Å². The summed E-state index contributed by atoms with van der Waals surface area (Å²) >= 11 is 5.86. The topological polar surface area (TPSA) is 33.0 Å². The van der Waals surface area contributed by atoms with Gasteiger partial charge in [0.2, 0.25) is 5.82 Å². The molecule has 0 aliphatic heterocycles. The lowest BCUT2D eigenvalue weighted by atomic mass is 10.2. The third-order valence-corrected chi connectivity index (χ3v) is 2.49. The molecule has 5 heteroatoms. The molecule has 0 aliphatic rings. The number of ether oxygens (including phenoxy) is 1. The van der Waals surface area contributed by atoms with Crippen molar-refractivity contribution in [2.24, 2.45) is 0 Å². The zero-order valence-electron chi connectivity index (χ0n) is 8.95. The Balaban J connectivity index is 2.35. The molecule has 0 amide bonds. The Hall–Kier alpha value is -2.12. The molecule has 0 spiro atoms. The summed E-state index contributed by atoms with van der Waals surface area (Å²) in [5.41, 5.74) is 0.354. The van der Waals surface area contributed by atoms with Crippen molar-refractivity contribution in [2.45, 2.75) is 0 Å². The number of hydrogen-bond acceptors (Lipinski definition) is 2. The SMILES string of the molecule is N#Cc1ccc(Oc2cccc(F)c2F)c(Cl)c1. The summed E-state index contributed by atoms with van der Waals surface area (Å²) < 4.78 is 31.5. The van der Waals surface area contributed by atoms with Crippen LogP contribution in [0.4, 0.5) is 8.78 Å². The maximum absolute atomic E-state index is 13.4. The van der Waals surface area contributed by atoms with Gasteiger partial charge in [-0.25, -0.2) is 4.39 Å². The molecule has 0 aliphatic carbocycles. The van der Waals surface area contributed by atoms with Crippen molar-refractivity contribution in [1.82, 2.24) is 0 Å². The predicted octanol–water partition coefficient (Wildman–Crippen LogP) is 4.28. The van der Waals surface area contributed by atoms with Crippen molar-refractivity contribution in [3.8, 4) is 17.6 Å². The molecule has 0 heterocycles. The van der Waals surface area contributed by atoms with Gasteiger partial charge in [-0.2, -0.15) is 9.65 Å². The van der Waals surface area contributed by atoms with Crippen molar-refractivity contribution in [3.05, 3.63) is 58.6 Å². The van der Waals surface area contributed by atoms with E-state index in [9.17, 15) is 8.78 Å². The Bertz CT molecular complexity index is 637. The zero-order chi connectivity index (χ0) is 13.1. The highest BCUT2D eigenvalue weighted by Gasteiger charge is 2.11. The summed E-state index contributed by atoms with van der Waals surface area (Å²) in [6, 6.07) is 9.78. The van der Waals surface area contributed by atoms with E-state index in [0.29, 0.717) is 5.56 Å². The van der Waals surface area contributed by atoms with E-state index in [4.69, 9.17) is 21.6 Å². The first-order valence-corrected chi connectivity index (χ1v) is 5.31. The molecule has 2 rings (SSSR count). The van der Waals surface area contributed by atoms with Crippen LogP contribution in [0.1, 0.15) is 5.56 Å². The van der Waals surface area contributed by atoms with E-state index in [2.05, 4.69) is 0 Å². The zero-order valence-corrected chi connectivity index (χ0v) is 9.71. The van der Waals surface area contributed by atoms with Gasteiger partial charge in [-0.1, -0.05) is 17.7 Å². The lowest BCUT2D eigenvalue weighted by Crippen LogP contribution is -1.92. The molecule has 0 aromatic heterocycles. The summed E-state index contributed by atoms with van der Waals surface area (Å²) in [6.07, 6.45) is 0. The van der Waals surface area contributed by atoms with Crippen LogP contribution in [0.5, 0.6) is 11.5 Å². The van der Waals surface area contributed by atoms with Crippen LogP contribution in [-0.4, -0.2) is 0 Å². The van der Waals surface area contributed by atoms with Gasteiger partial charge in [0.25, 0.3) is 0 Å². The third-order valence-electron chi connectivity index (χ3n) is 2.20. The predicted molar refractivity (Wildman–Crippen MR) is 62.6 cm³/mol. The fourth-order valence-electron chi connectivity index (χ4n) is 1.33. The second kappa shape index (κ2) is 5.03. The van der Waals surface area contributed by atoms with Crippen molar-refractivity contribution in [3.63, 3.8) is 0 Å². The van der Waals surface area contributed by atoms with E-state index in [1.54, 1.807) is 0 Å². The van der Waals surface area contributed by atoms with Crippen LogP contribution in [0, 0.1) is 23.0 Å². The molecular formula is C13H6ClF2NO. The van der Waals surface area contributed by atoms with E-state index < -0.39 is 11.6 Å². The average molecular weight is 266 g/mol. The Morgan fingerprint density at radius 1 is 1.11 bits per heavy atom. The number of rotatable bonds is 2. The van der Waals surface area contributed by atoms with Gasteiger partial charge in [0, 0.05) is 0 Å². The average Bonchev–Trinajstić information content (AvgIpc) is 2.37. The molecule has 0 N–H and O–H groups in total. The highest BCUT2D eigenvalue weighted by atomic mass is 35.5. The fourth-order valence-corrected chi connectivity index (χ4v) is 1.55. The number of nitrogens with zero attached hydrogens (tertiary/aromatic N) is 1. The van der Waals surface area contributed by atoms with E-state index in [1.165, 1.54) is 30.3 Å². The third kappa shape index (κ3) is 2.41. The first-order valence-electron chi connectivity index (χ1n) is 4.93. The number of hydrogen-bond donors (Lipinski definition) is 0. The van der Waals surface area contributed by atoms with E-state index >= 15 is 0 Å². The van der Waals surface area contributed by atoms with Crippen molar-refractivity contribution in [2.75, 3.05) is 0 Å². The molecule has 0 radical (unpaired) electrons. The monoisotopic (exact) mass is 265 g/mol. The van der Waals surface area contributed by atoms with Crippen LogP contribution in [0.25, 0.3) is 0 Å². The summed E-state index contributed by atoms with van der Waals surface area (Å²) in [5.74, 6) is -2.20. The van der Waals surface area contributed by atoms with Crippen molar-refractivity contribution < 1.29 is 13.5 Å². The Kier molecular flexibility index (Phi) is 3.45. The van der Waals surface area contributed by atoms with Gasteiger partial charge < -0.3 is 4.74 Å². The number of nitriles is 1. The lowest BCUT2D eigenvalue weighted by Gasteiger charge is -2.08. The van der Waals surface area contributed by atoms with Gasteiger partial charge >= 0.3 is 0 Å². The van der Waals surface area contributed by atoms with Crippen LogP contribution in [0.2, 0.25) is 5.02 Å². The minimum Gasteiger partial charge on any atom is -0.453 e. The minimum atomic E-state index is -1.09. The van der Waals surface area contributed by atoms with Crippen LogP contribution in [0.3, 0.4) is 0 Å². The van der Waals surface area contributed by atoms with Gasteiger partial charge in [0.1, 0.15) is 5.75 Å². The summed E-state index contributed by atoms with van der Waals surface area (Å²) in [6.45, 7) is 0. The molecule has 0 saturated carbocycles. The molecule has 0 atom stereocenters. The van der Waals surface area contributed by atoms with Crippen molar-refractivity contribution >= 4 is 11.6 Å². The van der Waals surface area contributed by atoms with Gasteiger partial charge in [-0.05, 0) is 30.3 Å². The van der Waals surface area contributed by atoms with E-state index in [0.717, 1.165) is 6.07 Å².